The van der Waals surface area contributed by atoms with Gasteiger partial charge in [-0.15, -0.1) is 0 Å². The number of hydrogen-bond donors (Lipinski definition) is 2. The predicted molar refractivity (Wildman–Crippen MR) is 58.2 cm³/mol. The Morgan fingerprint density at radius 3 is 2.29 bits per heavy atom. The molecule has 0 amide bonds. The zero-order valence-electron chi connectivity index (χ0n) is 9.21. The summed E-state index contributed by atoms with van der Waals surface area (Å²) in [5.41, 5.74) is 0. The summed E-state index contributed by atoms with van der Waals surface area (Å²) in [6.45, 7) is 2.33. The summed E-state index contributed by atoms with van der Waals surface area (Å²) >= 11 is 0. The summed E-state index contributed by atoms with van der Waals surface area (Å²) in [5, 5.41) is 13.5. The normalized spacial score (nSPS) is 44.1. The number of nitrogens with one attached hydrogen (secondary N) is 1. The number of hydrogen-bond acceptors (Lipinski definition) is 2. The van der Waals surface area contributed by atoms with E-state index in [1.165, 1.54) is 38.5 Å². The zero-order chi connectivity index (χ0) is 9.97. The van der Waals surface area contributed by atoms with Crippen molar-refractivity contribution < 1.29 is 5.11 Å². The first-order valence-corrected chi connectivity index (χ1v) is 6.21. The summed E-state index contributed by atoms with van der Waals surface area (Å²) in [6, 6.07) is 1.06. The average Bonchev–Trinajstić information content (AvgIpc) is 2.56. The van der Waals surface area contributed by atoms with E-state index in [-0.39, 0.29) is 6.10 Å². The summed E-state index contributed by atoms with van der Waals surface area (Å²) in [5.74, 6) is 0.809. The molecule has 2 saturated carbocycles. The van der Waals surface area contributed by atoms with E-state index in [0.29, 0.717) is 12.1 Å². The molecule has 0 aromatic carbocycles. The molecule has 0 radical (unpaired) electrons. The summed E-state index contributed by atoms with van der Waals surface area (Å²) in [6.07, 6.45) is 8.61. The van der Waals surface area contributed by atoms with Gasteiger partial charge < -0.3 is 10.4 Å². The van der Waals surface area contributed by atoms with Gasteiger partial charge in [0.15, 0.2) is 0 Å². The highest BCUT2D eigenvalue weighted by Crippen LogP contribution is 2.27. The third-order valence-corrected chi connectivity index (χ3v) is 4.02. The topological polar surface area (TPSA) is 32.3 Å². The van der Waals surface area contributed by atoms with Crippen LogP contribution < -0.4 is 5.32 Å². The highest BCUT2D eigenvalue weighted by Gasteiger charge is 2.29. The molecular formula is C12H23NO. The van der Waals surface area contributed by atoms with E-state index in [0.717, 1.165) is 12.3 Å². The van der Waals surface area contributed by atoms with Gasteiger partial charge in [0.25, 0.3) is 0 Å². The lowest BCUT2D eigenvalue weighted by Crippen LogP contribution is -2.47. The van der Waals surface area contributed by atoms with Gasteiger partial charge in [-0.2, -0.15) is 0 Å². The van der Waals surface area contributed by atoms with Crippen LogP contribution in [0.3, 0.4) is 0 Å². The third-order valence-electron chi connectivity index (χ3n) is 4.02. The van der Waals surface area contributed by atoms with Gasteiger partial charge in [0.2, 0.25) is 0 Å². The second-order valence-electron chi connectivity index (χ2n) is 5.14. The van der Waals surface area contributed by atoms with Gasteiger partial charge >= 0.3 is 0 Å². The van der Waals surface area contributed by atoms with Crippen LogP contribution >= 0.6 is 0 Å². The predicted octanol–water partition coefficient (Wildman–Crippen LogP) is 2.07. The van der Waals surface area contributed by atoms with Gasteiger partial charge in [0, 0.05) is 12.1 Å². The molecule has 0 bridgehead atoms. The molecule has 14 heavy (non-hydrogen) atoms. The van der Waals surface area contributed by atoms with E-state index in [1.807, 2.05) is 0 Å². The first kappa shape index (κ1) is 10.4. The van der Waals surface area contributed by atoms with Crippen molar-refractivity contribution in [1.29, 1.82) is 0 Å². The number of aliphatic hydroxyl groups is 1. The van der Waals surface area contributed by atoms with Crippen LogP contribution in [-0.4, -0.2) is 23.3 Å². The highest BCUT2D eigenvalue weighted by atomic mass is 16.3. The third kappa shape index (κ3) is 2.29. The molecule has 2 N–H and O–H groups in total. The Morgan fingerprint density at radius 2 is 1.64 bits per heavy atom. The maximum atomic E-state index is 9.85. The molecule has 2 fully saturated rings. The fourth-order valence-corrected chi connectivity index (χ4v) is 2.97. The van der Waals surface area contributed by atoms with Crippen molar-refractivity contribution >= 4 is 0 Å². The molecule has 2 nitrogen and oxygen atoms in total. The monoisotopic (exact) mass is 197 g/mol. The standard InChI is InChI=1S/C12H23NO/c1-9-5-4-7-10(9)13-11-6-2-3-8-12(11)14/h9-14H,2-8H2,1H3/t9-,10-,11+,12-/m0/s1. The molecule has 2 heteroatoms. The minimum Gasteiger partial charge on any atom is -0.392 e. The van der Waals surface area contributed by atoms with Gasteiger partial charge in [0.05, 0.1) is 6.10 Å². The lowest BCUT2D eigenvalue weighted by Gasteiger charge is -2.32. The Hall–Kier alpha value is -0.0800. The SMILES string of the molecule is C[C@H]1CCC[C@@H]1N[C@@H]1CCCC[C@@H]1O. The molecule has 82 valence electrons. The lowest BCUT2D eigenvalue weighted by atomic mass is 9.91. The average molecular weight is 197 g/mol. The van der Waals surface area contributed by atoms with Crippen molar-refractivity contribution in [1.82, 2.24) is 5.32 Å². The highest BCUT2D eigenvalue weighted by molar-refractivity contribution is 4.88. The molecule has 0 aromatic rings. The zero-order valence-corrected chi connectivity index (χ0v) is 9.21. The van der Waals surface area contributed by atoms with Crippen molar-refractivity contribution in [3.8, 4) is 0 Å². The molecule has 2 aliphatic carbocycles. The quantitative estimate of drug-likeness (QED) is 0.710. The Balaban J connectivity index is 1.83. The molecule has 2 aliphatic rings. The van der Waals surface area contributed by atoms with Crippen molar-refractivity contribution in [2.45, 2.75) is 70.1 Å². The van der Waals surface area contributed by atoms with E-state index in [9.17, 15) is 5.11 Å². The van der Waals surface area contributed by atoms with Crippen molar-refractivity contribution in [3.05, 3.63) is 0 Å². The Labute approximate surface area is 87.1 Å². The number of rotatable bonds is 2. The molecule has 4 atom stereocenters. The van der Waals surface area contributed by atoms with Crippen LogP contribution in [0, 0.1) is 5.92 Å². The molecule has 0 unspecified atom stereocenters. The maximum absolute atomic E-state index is 9.85. The summed E-state index contributed by atoms with van der Waals surface area (Å²) in [4.78, 5) is 0. The van der Waals surface area contributed by atoms with Gasteiger partial charge in [-0.3, -0.25) is 0 Å². The smallest absolute Gasteiger partial charge is 0.0693 e. The Morgan fingerprint density at radius 1 is 0.929 bits per heavy atom. The summed E-state index contributed by atoms with van der Waals surface area (Å²) in [7, 11) is 0. The van der Waals surface area contributed by atoms with Gasteiger partial charge in [-0.1, -0.05) is 26.2 Å². The van der Waals surface area contributed by atoms with Crippen molar-refractivity contribution in [3.63, 3.8) is 0 Å². The fourth-order valence-electron chi connectivity index (χ4n) is 2.97. The Kier molecular flexibility index (Phi) is 3.45. The Bertz CT molecular complexity index is 183. The molecular weight excluding hydrogens is 174 g/mol. The summed E-state index contributed by atoms with van der Waals surface area (Å²) < 4.78 is 0. The second-order valence-corrected chi connectivity index (χ2v) is 5.14. The molecule has 0 spiro atoms. The van der Waals surface area contributed by atoms with E-state index < -0.39 is 0 Å². The number of aliphatic hydroxyl groups excluding tert-OH is 1. The van der Waals surface area contributed by atoms with Crippen LogP contribution in [0.2, 0.25) is 0 Å². The van der Waals surface area contributed by atoms with Crippen molar-refractivity contribution in [2.75, 3.05) is 0 Å². The van der Waals surface area contributed by atoms with Crippen LogP contribution in [0.15, 0.2) is 0 Å². The minimum absolute atomic E-state index is 0.0865. The molecule has 2 rings (SSSR count). The molecule has 0 saturated heterocycles. The van der Waals surface area contributed by atoms with Crippen molar-refractivity contribution in [2.24, 2.45) is 5.92 Å². The molecule has 0 aromatic heterocycles. The maximum Gasteiger partial charge on any atom is 0.0693 e. The lowest BCUT2D eigenvalue weighted by molar-refractivity contribution is 0.0823. The van der Waals surface area contributed by atoms with Crippen LogP contribution in [-0.2, 0) is 0 Å². The van der Waals surface area contributed by atoms with E-state index in [2.05, 4.69) is 12.2 Å². The van der Waals surface area contributed by atoms with Gasteiger partial charge in [-0.25, -0.2) is 0 Å². The van der Waals surface area contributed by atoms with Gasteiger partial charge in [-0.05, 0) is 31.6 Å². The largest absolute Gasteiger partial charge is 0.392 e. The van der Waals surface area contributed by atoms with E-state index >= 15 is 0 Å². The van der Waals surface area contributed by atoms with Crippen LogP contribution in [0.4, 0.5) is 0 Å². The van der Waals surface area contributed by atoms with E-state index in [4.69, 9.17) is 0 Å². The van der Waals surface area contributed by atoms with Crippen LogP contribution in [0.5, 0.6) is 0 Å². The minimum atomic E-state index is -0.0865. The molecule has 0 heterocycles. The van der Waals surface area contributed by atoms with Crippen LogP contribution in [0.1, 0.15) is 51.9 Å². The second kappa shape index (κ2) is 4.63. The van der Waals surface area contributed by atoms with E-state index in [1.54, 1.807) is 0 Å². The first-order chi connectivity index (χ1) is 6.77. The first-order valence-electron chi connectivity index (χ1n) is 6.21. The molecule has 0 aliphatic heterocycles. The van der Waals surface area contributed by atoms with Gasteiger partial charge in [0.1, 0.15) is 0 Å². The van der Waals surface area contributed by atoms with Crippen LogP contribution in [0.25, 0.3) is 0 Å². The fraction of sp³-hybridized carbons (Fsp3) is 1.00.